The van der Waals surface area contributed by atoms with Crippen LogP contribution >= 0.6 is 0 Å². The Hall–Kier alpha value is -2.70. The predicted octanol–water partition coefficient (Wildman–Crippen LogP) is 4.14. The largest absolute Gasteiger partial charge is 0.497 e. The first-order chi connectivity index (χ1) is 12.2. The first-order valence-electron chi connectivity index (χ1n) is 7.92. The summed E-state index contributed by atoms with van der Waals surface area (Å²) >= 11 is 0. The zero-order valence-electron chi connectivity index (χ0n) is 14.7. The molecule has 26 heavy (non-hydrogen) atoms. The fraction of sp³-hybridized carbons (Fsp3) is 0.316. The molecular weight excluding hydrogens is 347 g/mol. The van der Waals surface area contributed by atoms with Gasteiger partial charge in [-0.2, -0.15) is 13.2 Å². The molecule has 0 spiro atoms. The van der Waals surface area contributed by atoms with Crippen molar-refractivity contribution >= 4 is 5.91 Å². The van der Waals surface area contributed by atoms with E-state index in [-0.39, 0.29) is 12.3 Å². The lowest BCUT2D eigenvalue weighted by molar-refractivity contribution is -0.137. The highest BCUT2D eigenvalue weighted by atomic mass is 19.4. The molecule has 0 aliphatic heterocycles. The van der Waals surface area contributed by atoms with E-state index in [9.17, 15) is 18.0 Å². The minimum atomic E-state index is -4.44. The van der Waals surface area contributed by atoms with Crippen LogP contribution in [-0.4, -0.2) is 20.1 Å². The second-order valence-electron chi connectivity index (χ2n) is 5.77. The summed E-state index contributed by atoms with van der Waals surface area (Å²) in [5, 5.41) is 2.77. The third-order valence-electron chi connectivity index (χ3n) is 3.90. The summed E-state index contributed by atoms with van der Waals surface area (Å²) in [4.78, 5) is 12.2. The zero-order chi connectivity index (χ0) is 19.3. The summed E-state index contributed by atoms with van der Waals surface area (Å²) < 4.78 is 48.8. The van der Waals surface area contributed by atoms with E-state index >= 15 is 0 Å². The Morgan fingerprint density at radius 3 is 2.46 bits per heavy atom. The summed E-state index contributed by atoms with van der Waals surface area (Å²) in [6, 6.07) is 9.54. The highest BCUT2D eigenvalue weighted by molar-refractivity contribution is 5.79. The van der Waals surface area contributed by atoms with Gasteiger partial charge in [-0.1, -0.05) is 18.2 Å². The molecule has 0 bridgehead atoms. The van der Waals surface area contributed by atoms with Gasteiger partial charge in [-0.25, -0.2) is 0 Å². The van der Waals surface area contributed by atoms with Gasteiger partial charge in [-0.15, -0.1) is 0 Å². The van der Waals surface area contributed by atoms with Crippen LogP contribution in [0, 0.1) is 0 Å². The van der Waals surface area contributed by atoms with Gasteiger partial charge < -0.3 is 14.8 Å². The Labute approximate surface area is 149 Å². The Morgan fingerprint density at radius 1 is 1.12 bits per heavy atom. The van der Waals surface area contributed by atoms with Crippen molar-refractivity contribution in [3.05, 3.63) is 59.2 Å². The van der Waals surface area contributed by atoms with Crippen LogP contribution in [-0.2, 0) is 17.4 Å². The summed E-state index contributed by atoms with van der Waals surface area (Å²) in [5.41, 5.74) is 0.233. The van der Waals surface area contributed by atoms with Crippen LogP contribution < -0.4 is 14.8 Å². The molecule has 4 nitrogen and oxygen atoms in total. The van der Waals surface area contributed by atoms with Gasteiger partial charge in [-0.3, -0.25) is 4.79 Å². The normalized spacial score (nSPS) is 12.4. The van der Waals surface area contributed by atoms with E-state index in [1.165, 1.54) is 26.4 Å². The number of ether oxygens (including phenoxy) is 2. The Bertz CT molecular complexity index is 775. The molecule has 1 N–H and O–H groups in total. The number of carbonyl (C=O) groups is 1. The highest BCUT2D eigenvalue weighted by Crippen LogP contribution is 2.30. The molecule has 0 aliphatic rings. The zero-order valence-corrected chi connectivity index (χ0v) is 14.7. The van der Waals surface area contributed by atoms with Crippen molar-refractivity contribution in [3.63, 3.8) is 0 Å². The molecule has 0 saturated carbocycles. The van der Waals surface area contributed by atoms with Gasteiger partial charge in [-0.05, 0) is 36.8 Å². The lowest BCUT2D eigenvalue weighted by atomic mass is 10.0. The SMILES string of the molecule is COc1ccc(OC)c(C(C)NC(=O)Cc2cccc(C(F)(F)F)c2)c1. The van der Waals surface area contributed by atoms with Gasteiger partial charge in [0.15, 0.2) is 0 Å². The van der Waals surface area contributed by atoms with Crippen LogP contribution in [0.5, 0.6) is 11.5 Å². The number of carbonyl (C=O) groups excluding carboxylic acids is 1. The van der Waals surface area contributed by atoms with Crippen molar-refractivity contribution in [1.29, 1.82) is 0 Å². The summed E-state index contributed by atoms with van der Waals surface area (Å²) in [6.45, 7) is 1.77. The van der Waals surface area contributed by atoms with Crippen molar-refractivity contribution in [3.8, 4) is 11.5 Å². The van der Waals surface area contributed by atoms with Crippen LogP contribution in [0.3, 0.4) is 0 Å². The quantitative estimate of drug-likeness (QED) is 0.835. The molecule has 1 atom stereocenters. The number of nitrogens with one attached hydrogen (secondary N) is 1. The standard InChI is InChI=1S/C19H20F3NO3/c1-12(16-11-15(25-2)7-8-17(16)26-3)23-18(24)10-13-5-4-6-14(9-13)19(20,21)22/h4-9,11-12H,10H2,1-3H3,(H,23,24). The maximum absolute atomic E-state index is 12.8. The minimum Gasteiger partial charge on any atom is -0.497 e. The molecule has 0 saturated heterocycles. The molecule has 2 aromatic carbocycles. The molecule has 0 aromatic heterocycles. The lowest BCUT2D eigenvalue weighted by Gasteiger charge is -2.18. The molecule has 1 amide bonds. The molecule has 0 radical (unpaired) electrons. The van der Waals surface area contributed by atoms with Gasteiger partial charge in [0.1, 0.15) is 11.5 Å². The monoisotopic (exact) mass is 367 g/mol. The smallest absolute Gasteiger partial charge is 0.416 e. The number of benzene rings is 2. The molecule has 1 unspecified atom stereocenters. The summed E-state index contributed by atoms with van der Waals surface area (Å²) in [6.07, 6.45) is -4.59. The highest BCUT2D eigenvalue weighted by Gasteiger charge is 2.30. The first kappa shape index (κ1) is 19.6. The van der Waals surface area contributed by atoms with Crippen LogP contribution in [0.1, 0.15) is 29.7 Å². The number of methoxy groups -OCH3 is 2. The van der Waals surface area contributed by atoms with Crippen molar-refractivity contribution in [2.24, 2.45) is 0 Å². The summed E-state index contributed by atoms with van der Waals surface area (Å²) in [5.74, 6) is 0.805. The number of alkyl halides is 3. The number of amides is 1. The second-order valence-corrected chi connectivity index (χ2v) is 5.77. The average Bonchev–Trinajstić information content (AvgIpc) is 2.60. The molecule has 140 valence electrons. The topological polar surface area (TPSA) is 47.6 Å². The number of hydrogen-bond acceptors (Lipinski definition) is 3. The van der Waals surface area contributed by atoms with Crippen LogP contribution in [0.4, 0.5) is 13.2 Å². The molecule has 0 fully saturated rings. The maximum atomic E-state index is 12.8. The van der Waals surface area contributed by atoms with Gasteiger partial charge in [0, 0.05) is 5.56 Å². The number of rotatable bonds is 6. The predicted molar refractivity (Wildman–Crippen MR) is 91.3 cm³/mol. The van der Waals surface area contributed by atoms with Gasteiger partial charge in [0.2, 0.25) is 5.91 Å². The number of hydrogen-bond donors (Lipinski definition) is 1. The van der Waals surface area contributed by atoms with E-state index in [1.54, 1.807) is 25.1 Å². The fourth-order valence-corrected chi connectivity index (χ4v) is 2.59. The van der Waals surface area contributed by atoms with Crippen molar-refractivity contribution in [1.82, 2.24) is 5.32 Å². The second kappa shape index (κ2) is 8.12. The van der Waals surface area contributed by atoms with Crippen LogP contribution in [0.2, 0.25) is 0 Å². The van der Waals surface area contributed by atoms with Crippen molar-refractivity contribution in [2.45, 2.75) is 25.6 Å². The first-order valence-corrected chi connectivity index (χ1v) is 7.92. The van der Waals surface area contributed by atoms with E-state index in [0.717, 1.165) is 12.1 Å². The van der Waals surface area contributed by atoms with E-state index in [4.69, 9.17) is 9.47 Å². The minimum absolute atomic E-state index is 0.152. The van der Waals surface area contributed by atoms with Gasteiger partial charge in [0.25, 0.3) is 0 Å². The van der Waals surface area contributed by atoms with E-state index in [0.29, 0.717) is 22.6 Å². The molecule has 0 aliphatic carbocycles. The van der Waals surface area contributed by atoms with Gasteiger partial charge >= 0.3 is 6.18 Å². The molecule has 7 heteroatoms. The maximum Gasteiger partial charge on any atom is 0.416 e. The number of halogens is 3. The van der Waals surface area contributed by atoms with E-state index in [1.807, 2.05) is 0 Å². The molecular formula is C19H20F3NO3. The Kier molecular flexibility index (Phi) is 6.13. The molecule has 2 aromatic rings. The molecule has 2 rings (SSSR count). The van der Waals surface area contributed by atoms with Gasteiger partial charge in [0.05, 0.1) is 32.2 Å². The Balaban J connectivity index is 2.11. The third-order valence-corrected chi connectivity index (χ3v) is 3.90. The van der Waals surface area contributed by atoms with Crippen molar-refractivity contribution in [2.75, 3.05) is 14.2 Å². The Morgan fingerprint density at radius 2 is 1.85 bits per heavy atom. The third kappa shape index (κ3) is 4.91. The lowest BCUT2D eigenvalue weighted by Crippen LogP contribution is -2.28. The van der Waals surface area contributed by atoms with E-state index in [2.05, 4.69) is 5.32 Å². The summed E-state index contributed by atoms with van der Waals surface area (Å²) in [7, 11) is 3.05. The van der Waals surface area contributed by atoms with Crippen molar-refractivity contribution < 1.29 is 27.4 Å². The van der Waals surface area contributed by atoms with E-state index < -0.39 is 17.8 Å². The molecule has 0 heterocycles. The van der Waals surface area contributed by atoms with Crippen LogP contribution in [0.25, 0.3) is 0 Å². The van der Waals surface area contributed by atoms with Crippen LogP contribution in [0.15, 0.2) is 42.5 Å². The fourth-order valence-electron chi connectivity index (χ4n) is 2.59. The average molecular weight is 367 g/mol.